The van der Waals surface area contributed by atoms with E-state index in [0.29, 0.717) is 23.5 Å². The number of hydrogen-bond donors (Lipinski definition) is 0. The Bertz CT molecular complexity index is 627. The first-order valence-electron chi connectivity index (χ1n) is 9.87. The van der Waals surface area contributed by atoms with Crippen molar-refractivity contribution < 1.29 is 14.3 Å². The number of allylic oxidation sites excluding steroid dienone is 1. The zero-order valence-electron chi connectivity index (χ0n) is 15.4. The monoisotopic (exact) mass is 364 g/mol. The first-order valence-corrected chi connectivity index (χ1v) is 10.4. The van der Waals surface area contributed by atoms with Gasteiger partial charge in [0.2, 0.25) is 0 Å². The zero-order valence-corrected chi connectivity index (χ0v) is 16.1. The van der Waals surface area contributed by atoms with Gasteiger partial charge in [-0.3, -0.25) is 9.59 Å². The van der Waals surface area contributed by atoms with Crippen LogP contribution < -0.4 is 0 Å². The highest BCUT2D eigenvalue weighted by atomic mass is 35.5. The van der Waals surface area contributed by atoms with Crippen LogP contribution in [0.4, 0.5) is 0 Å². The average molecular weight is 365 g/mol. The molecule has 0 radical (unpaired) electrons. The second-order valence-corrected chi connectivity index (χ2v) is 9.43. The lowest BCUT2D eigenvalue weighted by Crippen LogP contribution is -2.50. The largest absolute Gasteiger partial charge is 0.461 e. The van der Waals surface area contributed by atoms with Gasteiger partial charge in [0.15, 0.2) is 0 Å². The highest BCUT2D eigenvalue weighted by Gasteiger charge is 2.58. The minimum Gasteiger partial charge on any atom is -0.461 e. The van der Waals surface area contributed by atoms with Crippen molar-refractivity contribution in [2.24, 2.45) is 28.6 Å². The number of carbonyl (C=O) groups is 2. The molecule has 4 heteroatoms. The van der Waals surface area contributed by atoms with Gasteiger partial charge in [0.1, 0.15) is 17.8 Å². The van der Waals surface area contributed by atoms with Gasteiger partial charge in [-0.25, -0.2) is 0 Å². The molecule has 3 saturated carbocycles. The van der Waals surface area contributed by atoms with E-state index in [-0.39, 0.29) is 28.8 Å². The molecular formula is C21H29ClO3. The van der Waals surface area contributed by atoms with Crippen molar-refractivity contribution >= 4 is 23.4 Å². The number of ether oxygens (including phenoxy) is 1. The van der Waals surface area contributed by atoms with Crippen LogP contribution in [0.15, 0.2) is 11.6 Å². The van der Waals surface area contributed by atoms with Crippen LogP contribution >= 0.6 is 11.6 Å². The number of esters is 1. The second-order valence-electron chi connectivity index (χ2n) is 9.17. The molecule has 3 nitrogen and oxygen atoms in total. The molecule has 0 N–H and O–H groups in total. The molecule has 138 valence electrons. The van der Waals surface area contributed by atoms with E-state index in [1.807, 2.05) is 0 Å². The highest BCUT2D eigenvalue weighted by Crippen LogP contribution is 2.64. The molecule has 3 fully saturated rings. The molecule has 6 atom stereocenters. The average Bonchev–Trinajstić information content (AvgIpc) is 2.90. The summed E-state index contributed by atoms with van der Waals surface area (Å²) in [5, 5.41) is 0. The second kappa shape index (κ2) is 6.11. The van der Waals surface area contributed by atoms with Crippen LogP contribution in [0, 0.1) is 28.6 Å². The van der Waals surface area contributed by atoms with Crippen molar-refractivity contribution in [1.29, 1.82) is 0 Å². The molecule has 0 aromatic heterocycles. The summed E-state index contributed by atoms with van der Waals surface area (Å²) < 4.78 is 5.51. The van der Waals surface area contributed by atoms with Crippen LogP contribution in [-0.4, -0.2) is 23.7 Å². The van der Waals surface area contributed by atoms with E-state index in [9.17, 15) is 9.59 Å². The predicted molar refractivity (Wildman–Crippen MR) is 97.3 cm³/mol. The van der Waals surface area contributed by atoms with Gasteiger partial charge in [-0.1, -0.05) is 25.5 Å². The molecule has 0 aliphatic heterocycles. The summed E-state index contributed by atoms with van der Waals surface area (Å²) in [5.41, 5.74) is 1.65. The molecule has 4 aliphatic carbocycles. The van der Waals surface area contributed by atoms with Crippen molar-refractivity contribution in [2.75, 3.05) is 5.88 Å². The Kier molecular flexibility index (Phi) is 4.30. The van der Waals surface area contributed by atoms with Gasteiger partial charge in [0.25, 0.3) is 0 Å². The maximum atomic E-state index is 12.5. The summed E-state index contributed by atoms with van der Waals surface area (Å²) in [6.45, 7) is 4.65. The zero-order chi connectivity index (χ0) is 17.8. The minimum absolute atomic E-state index is 0.0101. The van der Waals surface area contributed by atoms with Gasteiger partial charge in [0, 0.05) is 18.3 Å². The summed E-state index contributed by atoms with van der Waals surface area (Å²) in [6, 6.07) is 0. The number of rotatable bonds is 2. The molecular weight excluding hydrogens is 336 g/mol. The Hall–Kier alpha value is -0.830. The molecule has 0 unspecified atom stereocenters. The standard InChI is InChI=1S/C21H29ClO3/c1-20-9-7-14(25-19(24)12-22)11-13(20)3-4-15-16-5-6-18(23)21(16,2)10-8-17(15)20/h3,14-17H,4-12H2,1-2H3/t14-,15+,16+,17+,20-,21+/m0/s1. The molecule has 4 rings (SSSR count). The number of halogens is 1. The molecule has 0 heterocycles. The normalized spacial score (nSPS) is 45.9. The molecule has 0 bridgehead atoms. The fourth-order valence-corrected chi connectivity index (χ4v) is 6.78. The van der Waals surface area contributed by atoms with E-state index in [4.69, 9.17) is 16.3 Å². The predicted octanol–water partition coefficient (Wildman–Crippen LogP) is 4.67. The van der Waals surface area contributed by atoms with Crippen molar-refractivity contribution in [3.63, 3.8) is 0 Å². The number of alkyl halides is 1. The van der Waals surface area contributed by atoms with Gasteiger partial charge in [-0.2, -0.15) is 0 Å². The first-order chi connectivity index (χ1) is 11.9. The third-order valence-corrected chi connectivity index (χ3v) is 8.39. The third-order valence-electron chi connectivity index (χ3n) is 8.17. The molecule has 0 aromatic carbocycles. The SMILES string of the molecule is C[C@@]12CC[C@@H]3[C@H](CC=C4C[C@@H](OC(=O)CCl)CC[C@@]43C)[C@H]1CCC2=O. The molecule has 4 aliphatic rings. The van der Waals surface area contributed by atoms with E-state index in [1.54, 1.807) is 0 Å². The maximum Gasteiger partial charge on any atom is 0.321 e. The molecule has 0 spiro atoms. The van der Waals surface area contributed by atoms with Crippen molar-refractivity contribution in [3.8, 4) is 0 Å². The lowest BCUT2D eigenvalue weighted by atomic mass is 9.48. The van der Waals surface area contributed by atoms with Gasteiger partial charge in [-0.05, 0) is 61.7 Å². The van der Waals surface area contributed by atoms with Crippen LogP contribution in [-0.2, 0) is 14.3 Å². The van der Waals surface area contributed by atoms with Crippen LogP contribution in [0.5, 0.6) is 0 Å². The van der Waals surface area contributed by atoms with Crippen LogP contribution in [0.25, 0.3) is 0 Å². The summed E-state index contributed by atoms with van der Waals surface area (Å²) in [5.74, 6) is 2.04. The van der Waals surface area contributed by atoms with Crippen LogP contribution in [0.3, 0.4) is 0 Å². The fraction of sp³-hybridized carbons (Fsp3) is 0.810. The van der Waals surface area contributed by atoms with Gasteiger partial charge in [0.05, 0.1) is 0 Å². The number of carbonyl (C=O) groups excluding carboxylic acids is 2. The van der Waals surface area contributed by atoms with Crippen molar-refractivity contribution in [2.45, 2.75) is 71.3 Å². The Morgan fingerprint density at radius 2 is 1.92 bits per heavy atom. The molecule has 0 amide bonds. The lowest BCUT2D eigenvalue weighted by molar-refractivity contribution is -0.148. The molecule has 25 heavy (non-hydrogen) atoms. The Morgan fingerprint density at radius 1 is 1.20 bits per heavy atom. The summed E-state index contributed by atoms with van der Waals surface area (Å²) in [7, 11) is 0. The van der Waals surface area contributed by atoms with Gasteiger partial charge >= 0.3 is 5.97 Å². The Balaban J connectivity index is 1.56. The Morgan fingerprint density at radius 3 is 2.68 bits per heavy atom. The number of ketones is 1. The van der Waals surface area contributed by atoms with Crippen molar-refractivity contribution in [3.05, 3.63) is 11.6 Å². The quantitative estimate of drug-likeness (QED) is 0.406. The van der Waals surface area contributed by atoms with Crippen molar-refractivity contribution in [1.82, 2.24) is 0 Å². The van der Waals surface area contributed by atoms with Crippen LogP contribution in [0.1, 0.15) is 65.2 Å². The third kappa shape index (κ3) is 2.60. The molecule has 0 saturated heterocycles. The van der Waals surface area contributed by atoms with Gasteiger partial charge in [-0.15, -0.1) is 11.6 Å². The fourth-order valence-electron chi connectivity index (χ4n) is 6.72. The first kappa shape index (κ1) is 17.6. The topological polar surface area (TPSA) is 43.4 Å². The summed E-state index contributed by atoms with van der Waals surface area (Å²) in [4.78, 5) is 24.0. The van der Waals surface area contributed by atoms with E-state index in [0.717, 1.165) is 44.9 Å². The minimum atomic E-state index is -0.303. The highest BCUT2D eigenvalue weighted by molar-refractivity contribution is 6.26. The lowest BCUT2D eigenvalue weighted by Gasteiger charge is -2.56. The van der Waals surface area contributed by atoms with Crippen LogP contribution in [0.2, 0.25) is 0 Å². The smallest absolute Gasteiger partial charge is 0.321 e. The van der Waals surface area contributed by atoms with E-state index in [1.165, 1.54) is 12.0 Å². The number of Topliss-reactive ketones (excluding diaryl/α,β-unsaturated/α-hetero) is 1. The van der Waals surface area contributed by atoms with E-state index < -0.39 is 0 Å². The summed E-state index contributed by atoms with van der Waals surface area (Å²) >= 11 is 5.59. The summed E-state index contributed by atoms with van der Waals surface area (Å²) in [6.07, 6.45) is 10.5. The Labute approximate surface area is 155 Å². The number of fused-ring (bicyclic) bond motifs is 5. The van der Waals surface area contributed by atoms with E-state index >= 15 is 0 Å². The maximum absolute atomic E-state index is 12.5. The molecule has 0 aromatic rings. The number of hydrogen-bond acceptors (Lipinski definition) is 3. The van der Waals surface area contributed by atoms with Gasteiger partial charge < -0.3 is 4.74 Å². The van der Waals surface area contributed by atoms with E-state index in [2.05, 4.69) is 19.9 Å².